The fourth-order valence-corrected chi connectivity index (χ4v) is 5.54. The van der Waals surface area contributed by atoms with E-state index in [1.807, 2.05) is 29.1 Å². The SMILES string of the molecule is CC1(C)[C@H]2C[C@H](C(N)=O)[C@H](Nc3nc(Nc4cnn(Cc5ccccc5)c4)ncc3Cl)[C@@H]1C2. The maximum atomic E-state index is 12.2. The molecule has 3 fully saturated rings. The summed E-state index contributed by atoms with van der Waals surface area (Å²) < 4.78 is 1.85. The van der Waals surface area contributed by atoms with Crippen LogP contribution in [0.2, 0.25) is 5.02 Å². The predicted molar refractivity (Wildman–Crippen MR) is 128 cm³/mol. The molecule has 6 rings (SSSR count). The largest absolute Gasteiger partial charge is 0.369 e. The molecule has 3 aliphatic carbocycles. The van der Waals surface area contributed by atoms with E-state index in [-0.39, 0.29) is 23.3 Å². The van der Waals surface area contributed by atoms with Gasteiger partial charge in [0.2, 0.25) is 11.9 Å². The Morgan fingerprint density at radius 1 is 1.24 bits per heavy atom. The Hall–Kier alpha value is -3.13. The number of anilines is 3. The van der Waals surface area contributed by atoms with Crippen molar-refractivity contribution in [3.63, 3.8) is 0 Å². The molecular formula is C24H28ClN7O. The van der Waals surface area contributed by atoms with Crippen molar-refractivity contribution in [2.45, 2.75) is 39.3 Å². The molecule has 0 radical (unpaired) electrons. The fourth-order valence-electron chi connectivity index (χ4n) is 5.39. The van der Waals surface area contributed by atoms with Crippen molar-refractivity contribution in [2.24, 2.45) is 28.9 Å². The highest BCUT2D eigenvalue weighted by atomic mass is 35.5. The van der Waals surface area contributed by atoms with Gasteiger partial charge < -0.3 is 16.4 Å². The van der Waals surface area contributed by atoms with E-state index < -0.39 is 0 Å². The van der Waals surface area contributed by atoms with Crippen LogP contribution in [0.4, 0.5) is 17.5 Å². The molecule has 2 aromatic heterocycles. The number of nitrogens with two attached hydrogens (primary N) is 1. The Balaban J connectivity index is 1.32. The summed E-state index contributed by atoms with van der Waals surface area (Å²) in [6, 6.07) is 10.0. The van der Waals surface area contributed by atoms with Gasteiger partial charge in [-0.25, -0.2) is 4.98 Å². The van der Waals surface area contributed by atoms with Crippen LogP contribution < -0.4 is 16.4 Å². The molecule has 2 heterocycles. The van der Waals surface area contributed by atoms with Gasteiger partial charge in [0.05, 0.1) is 30.5 Å². The lowest BCUT2D eigenvalue weighted by molar-refractivity contribution is -0.139. The first-order chi connectivity index (χ1) is 15.8. The zero-order valence-corrected chi connectivity index (χ0v) is 19.5. The monoisotopic (exact) mass is 465 g/mol. The van der Waals surface area contributed by atoms with Gasteiger partial charge in [0.15, 0.2) is 5.82 Å². The van der Waals surface area contributed by atoms with Gasteiger partial charge in [-0.05, 0) is 35.7 Å². The van der Waals surface area contributed by atoms with Crippen molar-refractivity contribution in [3.05, 3.63) is 59.5 Å². The molecule has 8 nitrogen and oxygen atoms in total. The highest BCUT2D eigenvalue weighted by Gasteiger charge is 2.59. The van der Waals surface area contributed by atoms with Crippen LogP contribution in [0.25, 0.3) is 0 Å². The van der Waals surface area contributed by atoms with E-state index in [1.54, 1.807) is 12.4 Å². The standard InChI is InChI=1S/C24H28ClN7O/c1-24(2)15-8-17(21(26)33)20(18(24)9-15)30-22-19(25)11-27-23(31-22)29-16-10-28-32(13-16)12-14-6-4-3-5-7-14/h3-7,10-11,13,15,17-18,20H,8-9,12H2,1-2H3,(H2,26,33)(H2,27,29,30,31)/t15-,17-,18-,20-/m0/s1. The number of hydrogen-bond donors (Lipinski definition) is 3. The molecule has 1 aromatic carbocycles. The number of carbonyl (C=O) groups excluding carboxylic acids is 1. The molecule has 4 N–H and O–H groups in total. The quantitative estimate of drug-likeness (QED) is 0.485. The Kier molecular flexibility index (Phi) is 5.48. The average molecular weight is 466 g/mol. The van der Waals surface area contributed by atoms with Gasteiger partial charge >= 0.3 is 0 Å². The summed E-state index contributed by atoms with van der Waals surface area (Å²) in [5, 5.41) is 11.4. The molecule has 0 saturated heterocycles. The summed E-state index contributed by atoms with van der Waals surface area (Å²) in [6.07, 6.45) is 7.08. The van der Waals surface area contributed by atoms with Crippen LogP contribution in [-0.2, 0) is 11.3 Å². The number of fused-ring (bicyclic) bond motifs is 2. The number of benzene rings is 1. The van der Waals surface area contributed by atoms with E-state index in [2.05, 4.69) is 51.7 Å². The number of primary amides is 1. The van der Waals surface area contributed by atoms with Crippen molar-refractivity contribution in [1.82, 2.24) is 19.7 Å². The van der Waals surface area contributed by atoms with Crippen molar-refractivity contribution < 1.29 is 4.79 Å². The van der Waals surface area contributed by atoms with E-state index in [9.17, 15) is 4.79 Å². The first kappa shape index (κ1) is 21.7. The lowest BCUT2D eigenvalue weighted by Crippen LogP contribution is -2.62. The van der Waals surface area contributed by atoms with E-state index in [0.717, 1.165) is 18.5 Å². The molecule has 2 bridgehead atoms. The first-order valence-electron chi connectivity index (χ1n) is 11.2. The number of nitrogens with zero attached hydrogens (tertiary/aromatic N) is 4. The maximum absolute atomic E-state index is 12.2. The molecule has 3 saturated carbocycles. The van der Waals surface area contributed by atoms with Crippen LogP contribution in [0.3, 0.4) is 0 Å². The maximum Gasteiger partial charge on any atom is 0.229 e. The van der Waals surface area contributed by atoms with Gasteiger partial charge in [0, 0.05) is 12.2 Å². The van der Waals surface area contributed by atoms with Crippen molar-refractivity contribution in [1.29, 1.82) is 0 Å². The third kappa shape index (κ3) is 4.15. The number of rotatable bonds is 7. The summed E-state index contributed by atoms with van der Waals surface area (Å²) in [4.78, 5) is 21.1. The summed E-state index contributed by atoms with van der Waals surface area (Å²) in [6.45, 7) is 5.20. The zero-order valence-electron chi connectivity index (χ0n) is 18.7. The topological polar surface area (TPSA) is 111 Å². The second-order valence-electron chi connectivity index (χ2n) is 9.70. The number of aromatic nitrogens is 4. The Morgan fingerprint density at radius 2 is 2.03 bits per heavy atom. The smallest absolute Gasteiger partial charge is 0.229 e. The number of amides is 1. The lowest BCUT2D eigenvalue weighted by atomic mass is 9.45. The molecular weight excluding hydrogens is 438 g/mol. The number of nitrogens with one attached hydrogen (secondary N) is 2. The molecule has 1 amide bonds. The summed E-state index contributed by atoms with van der Waals surface area (Å²) in [5.41, 5.74) is 7.85. The predicted octanol–water partition coefficient (Wildman–Crippen LogP) is 4.07. The van der Waals surface area contributed by atoms with E-state index in [4.69, 9.17) is 17.3 Å². The number of carbonyl (C=O) groups is 1. The van der Waals surface area contributed by atoms with Gasteiger partial charge in [0.1, 0.15) is 5.02 Å². The second-order valence-corrected chi connectivity index (χ2v) is 10.1. The van der Waals surface area contributed by atoms with Crippen LogP contribution in [0.15, 0.2) is 48.9 Å². The molecule has 3 aliphatic rings. The van der Waals surface area contributed by atoms with Crippen LogP contribution in [0.1, 0.15) is 32.3 Å². The first-order valence-corrected chi connectivity index (χ1v) is 11.6. The van der Waals surface area contributed by atoms with Crippen LogP contribution in [0, 0.1) is 23.2 Å². The van der Waals surface area contributed by atoms with Gasteiger partial charge in [-0.3, -0.25) is 9.48 Å². The molecule has 0 aliphatic heterocycles. The van der Waals surface area contributed by atoms with Gasteiger partial charge in [-0.1, -0.05) is 55.8 Å². The van der Waals surface area contributed by atoms with Crippen LogP contribution in [-0.4, -0.2) is 31.7 Å². The van der Waals surface area contributed by atoms with Crippen molar-refractivity contribution >= 4 is 35.0 Å². The lowest BCUT2D eigenvalue weighted by Gasteiger charge is -2.62. The molecule has 172 valence electrons. The van der Waals surface area contributed by atoms with E-state index in [1.165, 1.54) is 5.56 Å². The summed E-state index contributed by atoms with van der Waals surface area (Å²) in [5.74, 6) is 1.27. The molecule has 9 heteroatoms. The average Bonchev–Trinajstić information content (AvgIpc) is 3.23. The Morgan fingerprint density at radius 3 is 2.76 bits per heavy atom. The normalized spacial score (nSPS) is 25.2. The molecule has 3 aromatic rings. The van der Waals surface area contributed by atoms with Gasteiger partial charge in [-0.2, -0.15) is 10.1 Å². The minimum atomic E-state index is -0.271. The second kappa shape index (κ2) is 8.33. The molecule has 0 unspecified atom stereocenters. The summed E-state index contributed by atoms with van der Waals surface area (Å²) in [7, 11) is 0. The van der Waals surface area contributed by atoms with Gasteiger partial charge in [0.25, 0.3) is 0 Å². The van der Waals surface area contributed by atoms with Crippen molar-refractivity contribution in [3.8, 4) is 0 Å². The van der Waals surface area contributed by atoms with Crippen molar-refractivity contribution in [2.75, 3.05) is 10.6 Å². The zero-order chi connectivity index (χ0) is 23.2. The summed E-state index contributed by atoms with van der Waals surface area (Å²) >= 11 is 6.42. The highest BCUT2D eigenvalue weighted by Crippen LogP contribution is 2.61. The Labute approximate surface area is 197 Å². The highest BCUT2D eigenvalue weighted by molar-refractivity contribution is 6.32. The van der Waals surface area contributed by atoms with E-state index >= 15 is 0 Å². The molecule has 33 heavy (non-hydrogen) atoms. The fraction of sp³-hybridized carbons (Fsp3) is 0.417. The number of halogens is 1. The third-order valence-electron chi connectivity index (χ3n) is 7.44. The minimum absolute atomic E-state index is 0.101. The van der Waals surface area contributed by atoms with Gasteiger partial charge in [-0.15, -0.1) is 0 Å². The van der Waals surface area contributed by atoms with E-state index in [0.29, 0.717) is 35.2 Å². The number of hydrogen-bond acceptors (Lipinski definition) is 6. The molecule has 4 atom stereocenters. The van der Waals surface area contributed by atoms with Crippen LogP contribution in [0.5, 0.6) is 0 Å². The third-order valence-corrected chi connectivity index (χ3v) is 7.72. The minimum Gasteiger partial charge on any atom is -0.369 e. The van der Waals surface area contributed by atoms with Crippen LogP contribution >= 0.6 is 11.6 Å². The Bertz CT molecular complexity index is 1160. The molecule has 0 spiro atoms.